The molecule has 0 bridgehead atoms. The maximum absolute atomic E-state index is 10.9. The number of methoxy groups -OCH3 is 1. The van der Waals surface area contributed by atoms with E-state index in [0.29, 0.717) is 0 Å². The van der Waals surface area contributed by atoms with Crippen molar-refractivity contribution in [3.8, 4) is 5.75 Å². The van der Waals surface area contributed by atoms with E-state index in [-0.39, 0.29) is 5.91 Å². The van der Waals surface area contributed by atoms with Crippen LogP contribution < -0.4 is 10.1 Å². The highest BCUT2D eigenvalue weighted by atomic mass is 16.5. The molecule has 1 aromatic carbocycles. The second kappa shape index (κ2) is 2.52. The van der Waals surface area contributed by atoms with E-state index < -0.39 is 0 Å². The molecule has 1 aliphatic rings. The predicted octanol–water partition coefficient (Wildman–Crippen LogP) is 1.20. The van der Waals surface area contributed by atoms with Crippen LogP contribution in [0, 0.1) is 6.42 Å². The van der Waals surface area contributed by atoms with Crippen LogP contribution in [0.1, 0.15) is 5.56 Å². The first-order chi connectivity index (χ1) is 5.79. The molecule has 2 rings (SSSR count). The number of ether oxygens (including phenoxy) is 1. The first-order valence-electron chi connectivity index (χ1n) is 3.63. The number of fused-ring (bicyclic) bond motifs is 1. The molecule has 0 aromatic heterocycles. The summed E-state index contributed by atoms with van der Waals surface area (Å²) in [5.41, 5.74) is 1.74. The fraction of sp³-hybridized carbons (Fsp3) is 0.111. The van der Waals surface area contributed by atoms with Crippen molar-refractivity contribution in [2.45, 2.75) is 0 Å². The monoisotopic (exact) mass is 162 g/mol. The third kappa shape index (κ3) is 1.03. The van der Waals surface area contributed by atoms with Crippen molar-refractivity contribution >= 4 is 11.6 Å². The molecule has 0 saturated carbocycles. The number of hydrogen-bond acceptors (Lipinski definition) is 2. The van der Waals surface area contributed by atoms with Gasteiger partial charge in [0.05, 0.1) is 13.5 Å². The minimum atomic E-state index is -0.0711. The van der Waals surface area contributed by atoms with Gasteiger partial charge in [0.1, 0.15) is 5.75 Å². The minimum absolute atomic E-state index is 0.0711. The minimum Gasteiger partial charge on any atom is -0.497 e. The number of carbonyl (C=O) groups excluding carboxylic acids is 1. The molecule has 3 heteroatoms. The molecule has 1 amide bonds. The van der Waals surface area contributed by atoms with Gasteiger partial charge in [0.15, 0.2) is 0 Å². The number of benzene rings is 1. The molecule has 1 aromatic rings. The SMILES string of the molecule is COc1ccc2c(c1)NC(=O)[CH]2. The number of nitrogens with one attached hydrogen (secondary N) is 1. The lowest BCUT2D eigenvalue weighted by atomic mass is 10.1. The molecule has 12 heavy (non-hydrogen) atoms. The smallest absolute Gasteiger partial charge is 0.233 e. The summed E-state index contributed by atoms with van der Waals surface area (Å²) >= 11 is 0. The Bertz CT molecular complexity index is 333. The van der Waals surface area contributed by atoms with E-state index in [1.54, 1.807) is 19.6 Å². The van der Waals surface area contributed by atoms with Crippen LogP contribution in [0.3, 0.4) is 0 Å². The van der Waals surface area contributed by atoms with Crippen LogP contribution in [-0.4, -0.2) is 13.0 Å². The molecule has 1 radical (unpaired) electrons. The molecule has 1 aliphatic heterocycles. The van der Waals surface area contributed by atoms with Crippen LogP contribution in [0.4, 0.5) is 5.69 Å². The fourth-order valence-corrected chi connectivity index (χ4v) is 1.21. The molecule has 3 nitrogen and oxygen atoms in total. The number of anilines is 1. The Morgan fingerprint density at radius 2 is 2.25 bits per heavy atom. The van der Waals surface area contributed by atoms with Gasteiger partial charge in [-0.15, -0.1) is 0 Å². The average Bonchev–Trinajstić information content (AvgIpc) is 2.43. The van der Waals surface area contributed by atoms with Crippen LogP contribution in [0.2, 0.25) is 0 Å². The molecule has 0 unspecified atom stereocenters. The van der Waals surface area contributed by atoms with E-state index in [1.165, 1.54) is 0 Å². The highest BCUT2D eigenvalue weighted by Gasteiger charge is 2.17. The van der Waals surface area contributed by atoms with Crippen LogP contribution >= 0.6 is 0 Å². The van der Waals surface area contributed by atoms with Crippen LogP contribution in [0.15, 0.2) is 18.2 Å². The summed E-state index contributed by atoms with van der Waals surface area (Å²) < 4.78 is 5.01. The van der Waals surface area contributed by atoms with E-state index in [0.717, 1.165) is 17.0 Å². The van der Waals surface area contributed by atoms with Crippen LogP contribution in [-0.2, 0) is 4.79 Å². The standard InChI is InChI=1S/C9H8NO2/c1-12-7-3-2-6-4-9(11)10-8(6)5-7/h2-5H,1H3,(H,10,11). The highest BCUT2D eigenvalue weighted by molar-refractivity contribution is 6.06. The zero-order chi connectivity index (χ0) is 8.55. The Hall–Kier alpha value is -1.51. The third-order valence-corrected chi connectivity index (χ3v) is 1.80. The fourth-order valence-electron chi connectivity index (χ4n) is 1.21. The molecule has 0 atom stereocenters. The van der Waals surface area contributed by atoms with E-state index in [1.807, 2.05) is 12.1 Å². The molecule has 0 spiro atoms. The Labute approximate surface area is 70.3 Å². The van der Waals surface area contributed by atoms with Crippen molar-refractivity contribution in [3.63, 3.8) is 0 Å². The van der Waals surface area contributed by atoms with Crippen molar-refractivity contribution in [2.24, 2.45) is 0 Å². The molecule has 0 aliphatic carbocycles. The Balaban J connectivity index is 2.41. The normalized spacial score (nSPS) is 13.9. The Kier molecular flexibility index (Phi) is 1.50. The third-order valence-electron chi connectivity index (χ3n) is 1.80. The Morgan fingerprint density at radius 1 is 1.42 bits per heavy atom. The van der Waals surface area contributed by atoms with Crippen molar-refractivity contribution in [2.75, 3.05) is 12.4 Å². The van der Waals surface area contributed by atoms with E-state index in [2.05, 4.69) is 5.32 Å². The first kappa shape index (κ1) is 7.16. The summed E-state index contributed by atoms with van der Waals surface area (Å²) in [4.78, 5) is 10.9. The molecule has 61 valence electrons. The number of rotatable bonds is 1. The quantitative estimate of drug-likeness (QED) is 0.673. The van der Waals surface area contributed by atoms with E-state index >= 15 is 0 Å². The lowest BCUT2D eigenvalue weighted by Crippen LogP contribution is -2.01. The predicted molar refractivity (Wildman–Crippen MR) is 45.0 cm³/mol. The summed E-state index contributed by atoms with van der Waals surface area (Å²) in [5.74, 6) is 0.683. The summed E-state index contributed by atoms with van der Waals surface area (Å²) in [6.45, 7) is 0. The highest BCUT2D eigenvalue weighted by Crippen LogP contribution is 2.28. The number of amides is 1. The zero-order valence-electron chi connectivity index (χ0n) is 6.63. The molecule has 0 saturated heterocycles. The summed E-state index contributed by atoms with van der Waals surface area (Å²) in [5, 5.41) is 2.70. The van der Waals surface area contributed by atoms with Crippen molar-refractivity contribution in [1.82, 2.24) is 0 Å². The topological polar surface area (TPSA) is 38.3 Å². The van der Waals surface area contributed by atoms with Crippen molar-refractivity contribution < 1.29 is 9.53 Å². The number of carbonyl (C=O) groups is 1. The molecular weight excluding hydrogens is 154 g/mol. The zero-order valence-corrected chi connectivity index (χ0v) is 6.63. The Morgan fingerprint density at radius 3 is 3.00 bits per heavy atom. The summed E-state index contributed by atoms with van der Waals surface area (Å²) in [7, 11) is 1.60. The maximum atomic E-state index is 10.9. The van der Waals surface area contributed by atoms with Crippen LogP contribution in [0.5, 0.6) is 5.75 Å². The summed E-state index contributed by atoms with van der Waals surface area (Å²) in [6.07, 6.45) is 1.56. The van der Waals surface area contributed by atoms with Gasteiger partial charge in [-0.25, -0.2) is 0 Å². The van der Waals surface area contributed by atoms with Gasteiger partial charge >= 0.3 is 0 Å². The molecule has 0 fully saturated rings. The second-order valence-corrected chi connectivity index (χ2v) is 2.59. The second-order valence-electron chi connectivity index (χ2n) is 2.59. The van der Waals surface area contributed by atoms with Gasteiger partial charge < -0.3 is 10.1 Å². The van der Waals surface area contributed by atoms with Gasteiger partial charge in [0.2, 0.25) is 5.91 Å². The van der Waals surface area contributed by atoms with Crippen molar-refractivity contribution in [1.29, 1.82) is 0 Å². The lowest BCUT2D eigenvalue weighted by molar-refractivity contribution is -0.112. The average molecular weight is 162 g/mol. The largest absolute Gasteiger partial charge is 0.497 e. The lowest BCUT2D eigenvalue weighted by Gasteiger charge is -2.01. The van der Waals surface area contributed by atoms with Gasteiger partial charge in [-0.1, -0.05) is 6.07 Å². The number of hydrogen-bond donors (Lipinski definition) is 1. The van der Waals surface area contributed by atoms with Gasteiger partial charge in [-0.2, -0.15) is 0 Å². The van der Waals surface area contributed by atoms with Gasteiger partial charge in [-0.3, -0.25) is 4.79 Å². The van der Waals surface area contributed by atoms with Gasteiger partial charge in [-0.05, 0) is 11.6 Å². The van der Waals surface area contributed by atoms with Crippen molar-refractivity contribution in [3.05, 3.63) is 30.2 Å². The van der Waals surface area contributed by atoms with Gasteiger partial charge in [0.25, 0.3) is 0 Å². The molecule has 1 N–H and O–H groups in total. The van der Waals surface area contributed by atoms with E-state index in [9.17, 15) is 4.79 Å². The molecule has 1 heterocycles. The van der Waals surface area contributed by atoms with Crippen LogP contribution in [0.25, 0.3) is 0 Å². The van der Waals surface area contributed by atoms with Gasteiger partial charge in [0, 0.05) is 11.8 Å². The molecular formula is C9H8NO2. The first-order valence-corrected chi connectivity index (χ1v) is 3.63. The van der Waals surface area contributed by atoms with E-state index in [4.69, 9.17) is 4.74 Å². The maximum Gasteiger partial charge on any atom is 0.233 e. The summed E-state index contributed by atoms with van der Waals surface area (Å²) in [6, 6.07) is 5.48.